The highest BCUT2D eigenvalue weighted by Gasteiger charge is 2.33. The summed E-state index contributed by atoms with van der Waals surface area (Å²) in [6.45, 7) is 2.61. The molecule has 0 spiro atoms. The summed E-state index contributed by atoms with van der Waals surface area (Å²) in [5.74, 6) is 3.08. The van der Waals surface area contributed by atoms with Crippen LogP contribution in [0.1, 0.15) is 36.4 Å². The summed E-state index contributed by atoms with van der Waals surface area (Å²) in [7, 11) is 0. The van der Waals surface area contributed by atoms with E-state index in [9.17, 15) is 5.11 Å². The monoisotopic (exact) mass is 356 g/mol. The lowest BCUT2D eigenvalue weighted by Crippen LogP contribution is -3.13. The first-order valence-electron chi connectivity index (χ1n) is 9.16. The van der Waals surface area contributed by atoms with Gasteiger partial charge in [-0.15, -0.1) is 0 Å². The van der Waals surface area contributed by atoms with Crippen molar-refractivity contribution in [1.29, 1.82) is 0 Å². The highest BCUT2D eigenvalue weighted by atomic mass is 16.7. The van der Waals surface area contributed by atoms with Crippen LogP contribution in [-0.2, 0) is 0 Å². The number of hydrogen-bond acceptors (Lipinski definition) is 5. The molecule has 6 nitrogen and oxygen atoms in total. The number of likely N-dealkylation sites (tertiary alicyclic amines) is 1. The number of piperidine rings is 1. The van der Waals surface area contributed by atoms with Gasteiger partial charge in [0.2, 0.25) is 13.6 Å². The minimum Gasteiger partial charge on any atom is -0.507 e. The average Bonchev–Trinajstić information content (AvgIpc) is 3.31. The lowest BCUT2D eigenvalue weighted by molar-refractivity contribution is -0.930. The largest absolute Gasteiger partial charge is 0.507 e. The van der Waals surface area contributed by atoms with Gasteiger partial charge in [-0.25, -0.2) is 0 Å². The highest BCUT2D eigenvalue weighted by Crippen LogP contribution is 2.42. The maximum absolute atomic E-state index is 10.7. The lowest BCUT2D eigenvalue weighted by Gasteiger charge is -2.32. The van der Waals surface area contributed by atoms with Crippen LogP contribution in [-0.4, -0.2) is 31.8 Å². The van der Waals surface area contributed by atoms with Gasteiger partial charge in [-0.3, -0.25) is 0 Å². The Morgan fingerprint density at radius 3 is 2.19 bits per heavy atom. The second kappa shape index (κ2) is 6.29. The molecule has 2 aromatic carbocycles. The number of ether oxygens (including phenoxy) is 4. The normalized spacial score (nSPS) is 19.5. The van der Waals surface area contributed by atoms with Crippen LogP contribution in [0.2, 0.25) is 0 Å². The molecule has 1 fully saturated rings. The van der Waals surface area contributed by atoms with E-state index >= 15 is 0 Å². The minimum atomic E-state index is 0.0132. The van der Waals surface area contributed by atoms with E-state index < -0.39 is 0 Å². The zero-order chi connectivity index (χ0) is 17.5. The smallest absolute Gasteiger partial charge is 0.231 e. The Hall–Kier alpha value is -2.60. The van der Waals surface area contributed by atoms with Crippen molar-refractivity contribution in [3.63, 3.8) is 0 Å². The van der Waals surface area contributed by atoms with Crippen molar-refractivity contribution in [1.82, 2.24) is 0 Å². The molecule has 0 aliphatic carbocycles. The Balaban J connectivity index is 1.60. The second-order valence-electron chi connectivity index (χ2n) is 7.03. The first kappa shape index (κ1) is 15.6. The molecule has 1 saturated heterocycles. The zero-order valence-corrected chi connectivity index (χ0v) is 14.5. The number of phenols is 1. The number of quaternary nitrogens is 1. The minimum absolute atomic E-state index is 0.0132. The van der Waals surface area contributed by atoms with Crippen LogP contribution in [0, 0.1) is 0 Å². The summed E-state index contributed by atoms with van der Waals surface area (Å²) in [5.41, 5.74) is 1.98. The van der Waals surface area contributed by atoms with Crippen molar-refractivity contribution in [2.45, 2.75) is 25.3 Å². The molecule has 0 radical (unpaired) electrons. The zero-order valence-electron chi connectivity index (χ0n) is 14.5. The van der Waals surface area contributed by atoms with Crippen LogP contribution in [0.15, 0.2) is 30.3 Å². The van der Waals surface area contributed by atoms with Gasteiger partial charge in [0.15, 0.2) is 23.0 Å². The van der Waals surface area contributed by atoms with E-state index in [-0.39, 0.29) is 25.4 Å². The van der Waals surface area contributed by atoms with E-state index in [1.165, 1.54) is 24.2 Å². The van der Waals surface area contributed by atoms with E-state index in [4.69, 9.17) is 18.9 Å². The molecule has 3 aliphatic rings. The van der Waals surface area contributed by atoms with Crippen molar-refractivity contribution < 1.29 is 29.0 Å². The molecule has 26 heavy (non-hydrogen) atoms. The first-order valence-corrected chi connectivity index (χ1v) is 9.16. The number of fused-ring (bicyclic) bond motifs is 2. The molecule has 0 saturated carbocycles. The van der Waals surface area contributed by atoms with Crippen molar-refractivity contribution in [2.75, 3.05) is 26.7 Å². The molecule has 2 aromatic rings. The summed E-state index contributed by atoms with van der Waals surface area (Å²) in [4.78, 5) is 1.45. The van der Waals surface area contributed by atoms with Crippen LogP contribution < -0.4 is 23.8 Å². The molecule has 2 N–H and O–H groups in total. The number of rotatable bonds is 3. The molecule has 1 atom stereocenters. The Bertz CT molecular complexity index is 831. The third kappa shape index (κ3) is 2.61. The van der Waals surface area contributed by atoms with E-state index in [1.54, 1.807) is 6.07 Å². The first-order chi connectivity index (χ1) is 12.8. The quantitative estimate of drug-likeness (QED) is 0.881. The van der Waals surface area contributed by atoms with Gasteiger partial charge in [-0.2, -0.15) is 0 Å². The number of aromatic hydroxyl groups is 1. The van der Waals surface area contributed by atoms with E-state index in [1.807, 2.05) is 18.2 Å². The van der Waals surface area contributed by atoms with Gasteiger partial charge in [0, 0.05) is 11.6 Å². The maximum atomic E-state index is 10.7. The summed E-state index contributed by atoms with van der Waals surface area (Å²) in [5, 5.41) is 10.7. The Kier molecular flexibility index (Phi) is 3.78. The summed E-state index contributed by atoms with van der Waals surface area (Å²) in [6.07, 6.45) is 3.66. The van der Waals surface area contributed by atoms with Crippen LogP contribution in [0.5, 0.6) is 28.7 Å². The summed E-state index contributed by atoms with van der Waals surface area (Å²) in [6, 6.07) is 9.68. The van der Waals surface area contributed by atoms with Gasteiger partial charge in [0.25, 0.3) is 0 Å². The number of hydrogen-bond donors (Lipinski definition) is 2. The second-order valence-corrected chi connectivity index (χ2v) is 7.03. The van der Waals surface area contributed by atoms with Crippen LogP contribution in [0.4, 0.5) is 0 Å². The number of benzene rings is 2. The van der Waals surface area contributed by atoms with Gasteiger partial charge >= 0.3 is 0 Å². The number of phenolic OH excluding ortho intramolecular Hbond substituents is 1. The van der Waals surface area contributed by atoms with Crippen molar-refractivity contribution in [3.05, 3.63) is 41.5 Å². The van der Waals surface area contributed by atoms with Gasteiger partial charge in [0.1, 0.15) is 11.8 Å². The number of nitrogens with one attached hydrogen (secondary N) is 1. The average molecular weight is 356 g/mol. The predicted molar refractivity (Wildman–Crippen MR) is 93.2 cm³/mol. The van der Waals surface area contributed by atoms with Gasteiger partial charge in [-0.05, 0) is 43.5 Å². The van der Waals surface area contributed by atoms with Crippen LogP contribution in [0.25, 0.3) is 0 Å². The summed E-state index contributed by atoms with van der Waals surface area (Å²) >= 11 is 0. The highest BCUT2D eigenvalue weighted by molar-refractivity contribution is 5.54. The molecule has 6 heteroatoms. The maximum Gasteiger partial charge on any atom is 0.231 e. The molecule has 3 heterocycles. The standard InChI is InChI=1S/C20H21NO5/c22-15-10-19-18(25-12-26-19)9-14(15)20(21-6-2-1-3-7-21)13-4-5-16-17(8-13)24-11-23-16/h4-5,8-10,20,22H,1-3,6-7,11-12H2/p+1/t20-/m0/s1. The Morgan fingerprint density at radius 1 is 0.769 bits per heavy atom. The molecule has 0 aromatic heterocycles. The Labute approximate surface area is 151 Å². The van der Waals surface area contributed by atoms with Crippen molar-refractivity contribution in [2.24, 2.45) is 0 Å². The van der Waals surface area contributed by atoms with E-state index in [0.717, 1.165) is 35.7 Å². The fraction of sp³-hybridized carbons (Fsp3) is 0.400. The molecular formula is C20H22NO5+. The predicted octanol–water partition coefficient (Wildman–Crippen LogP) is 2.01. The van der Waals surface area contributed by atoms with Crippen LogP contribution in [0.3, 0.4) is 0 Å². The molecule has 3 aliphatic heterocycles. The van der Waals surface area contributed by atoms with Crippen LogP contribution >= 0.6 is 0 Å². The topological polar surface area (TPSA) is 61.6 Å². The molecule has 136 valence electrons. The summed E-state index contributed by atoms with van der Waals surface area (Å²) < 4.78 is 22.0. The van der Waals surface area contributed by atoms with E-state index in [2.05, 4.69) is 6.07 Å². The third-order valence-electron chi connectivity index (χ3n) is 5.47. The third-order valence-corrected chi connectivity index (χ3v) is 5.47. The lowest BCUT2D eigenvalue weighted by atomic mass is 9.93. The fourth-order valence-electron chi connectivity index (χ4n) is 4.20. The molecule has 5 rings (SSSR count). The Morgan fingerprint density at radius 2 is 1.42 bits per heavy atom. The van der Waals surface area contributed by atoms with Gasteiger partial charge < -0.3 is 29.0 Å². The fourth-order valence-corrected chi connectivity index (χ4v) is 4.20. The van der Waals surface area contributed by atoms with Gasteiger partial charge in [-0.1, -0.05) is 0 Å². The van der Waals surface area contributed by atoms with Crippen molar-refractivity contribution >= 4 is 0 Å². The molecular weight excluding hydrogens is 334 g/mol. The van der Waals surface area contributed by atoms with Crippen molar-refractivity contribution in [3.8, 4) is 28.7 Å². The van der Waals surface area contributed by atoms with E-state index in [0.29, 0.717) is 11.5 Å². The molecule has 0 bridgehead atoms. The SMILES string of the molecule is Oc1cc2c(cc1[C@H](c1ccc3c(c1)OCO3)[NH+]1CCCCC1)OCO2. The molecule has 0 unspecified atom stereocenters. The molecule has 0 amide bonds. The van der Waals surface area contributed by atoms with Gasteiger partial charge in [0.05, 0.1) is 18.7 Å².